The number of hydrogen-bond donors (Lipinski definition) is 0. The van der Waals surface area contributed by atoms with Crippen LogP contribution in [0.2, 0.25) is 5.04 Å². The minimum atomic E-state index is -2.41. The fourth-order valence-corrected chi connectivity index (χ4v) is 8.97. The molecule has 2 aromatic carbocycles. The second-order valence-electron chi connectivity index (χ2n) is 9.46. The van der Waals surface area contributed by atoms with Gasteiger partial charge in [-0.3, -0.25) is 0 Å². The summed E-state index contributed by atoms with van der Waals surface area (Å²) in [7, 11) is -2.41. The molecule has 3 nitrogen and oxygen atoms in total. The maximum Gasteiger partial charge on any atom is 0.261 e. The molecule has 0 bridgehead atoms. The van der Waals surface area contributed by atoms with Crippen molar-refractivity contribution in [3.05, 3.63) is 60.7 Å². The highest BCUT2D eigenvalue weighted by Crippen LogP contribution is 2.37. The van der Waals surface area contributed by atoms with E-state index in [0.717, 1.165) is 25.9 Å². The van der Waals surface area contributed by atoms with E-state index in [1.807, 2.05) is 13.8 Å². The van der Waals surface area contributed by atoms with E-state index in [9.17, 15) is 0 Å². The average Bonchev–Trinajstić information content (AvgIpc) is 3.04. The van der Waals surface area contributed by atoms with E-state index in [1.165, 1.54) is 10.4 Å². The second kappa shape index (κ2) is 9.13. The van der Waals surface area contributed by atoms with E-state index < -0.39 is 14.1 Å². The van der Waals surface area contributed by atoms with Gasteiger partial charge in [-0.05, 0) is 48.5 Å². The van der Waals surface area contributed by atoms with Crippen LogP contribution in [0, 0.1) is 0 Å². The number of hydrogen-bond acceptors (Lipinski definition) is 3. The summed E-state index contributed by atoms with van der Waals surface area (Å²) in [4.78, 5) is 0. The molecule has 1 heterocycles. The van der Waals surface area contributed by atoms with Gasteiger partial charge in [0.1, 0.15) is 0 Å². The van der Waals surface area contributed by atoms with Crippen LogP contribution in [0.4, 0.5) is 0 Å². The summed E-state index contributed by atoms with van der Waals surface area (Å²) in [6.07, 6.45) is 3.35. The Labute approximate surface area is 177 Å². The third kappa shape index (κ3) is 5.18. The largest absolute Gasteiger partial charge is 0.407 e. The van der Waals surface area contributed by atoms with Crippen molar-refractivity contribution in [3.8, 4) is 0 Å². The van der Waals surface area contributed by atoms with Crippen molar-refractivity contribution >= 4 is 18.7 Å². The van der Waals surface area contributed by atoms with Gasteiger partial charge in [0, 0.05) is 6.61 Å². The molecule has 4 heteroatoms. The van der Waals surface area contributed by atoms with E-state index in [1.54, 1.807) is 0 Å². The van der Waals surface area contributed by atoms with Gasteiger partial charge in [0.25, 0.3) is 8.32 Å². The van der Waals surface area contributed by atoms with Crippen LogP contribution in [-0.2, 0) is 13.9 Å². The van der Waals surface area contributed by atoms with Gasteiger partial charge in [-0.2, -0.15) is 0 Å². The first-order chi connectivity index (χ1) is 13.7. The van der Waals surface area contributed by atoms with Gasteiger partial charge in [0.15, 0.2) is 5.79 Å². The van der Waals surface area contributed by atoms with Gasteiger partial charge in [-0.1, -0.05) is 81.4 Å². The predicted molar refractivity (Wildman–Crippen MR) is 122 cm³/mol. The molecular formula is C25H36O3Si. The highest BCUT2D eigenvalue weighted by atomic mass is 28.4. The Balaban J connectivity index is 1.72. The van der Waals surface area contributed by atoms with Crippen LogP contribution < -0.4 is 10.4 Å². The quantitative estimate of drug-likeness (QED) is 0.457. The molecule has 29 heavy (non-hydrogen) atoms. The van der Waals surface area contributed by atoms with E-state index >= 15 is 0 Å². The highest BCUT2D eigenvalue weighted by molar-refractivity contribution is 6.99. The smallest absolute Gasteiger partial charge is 0.261 e. The molecular weight excluding hydrogens is 376 g/mol. The molecule has 0 aromatic heterocycles. The lowest BCUT2D eigenvalue weighted by atomic mass is 10.2. The van der Waals surface area contributed by atoms with Crippen LogP contribution in [0.1, 0.15) is 53.9 Å². The molecule has 0 unspecified atom stereocenters. The standard InChI is InChI=1S/C25H36O3Si/c1-24(2,3)29(22-15-8-6-9-16-22,23-17-10-7-11-18-23)27-19-13-12-14-21-20-26-25(4,5)28-21/h6-11,15-18,21H,12-14,19-20H2,1-5H3/t21-/m0/s1. The number of benzene rings is 2. The Morgan fingerprint density at radius 2 is 1.48 bits per heavy atom. The van der Waals surface area contributed by atoms with Crippen molar-refractivity contribution in [1.82, 2.24) is 0 Å². The monoisotopic (exact) mass is 412 g/mol. The third-order valence-electron chi connectivity index (χ3n) is 5.72. The molecule has 1 saturated heterocycles. The summed E-state index contributed by atoms with van der Waals surface area (Å²) in [6, 6.07) is 21.7. The molecule has 0 N–H and O–H groups in total. The summed E-state index contributed by atoms with van der Waals surface area (Å²) in [5, 5.41) is 2.71. The summed E-state index contributed by atoms with van der Waals surface area (Å²) in [5.74, 6) is -0.434. The zero-order chi connectivity index (χ0) is 21.0. The zero-order valence-electron chi connectivity index (χ0n) is 18.6. The van der Waals surface area contributed by atoms with E-state index in [-0.39, 0.29) is 11.1 Å². The SMILES string of the molecule is CC1(C)OC[C@H](CCCCO[Si](c2ccccc2)(c2ccccc2)C(C)(C)C)O1. The second-order valence-corrected chi connectivity index (χ2v) is 13.8. The maximum absolute atomic E-state index is 6.94. The third-order valence-corrected chi connectivity index (χ3v) is 10.8. The van der Waals surface area contributed by atoms with Crippen LogP contribution in [0.5, 0.6) is 0 Å². The summed E-state index contributed by atoms with van der Waals surface area (Å²) in [5.41, 5.74) is 0. The van der Waals surface area contributed by atoms with Crippen molar-refractivity contribution in [2.45, 2.75) is 70.8 Å². The molecule has 1 fully saturated rings. The molecule has 3 rings (SSSR count). The zero-order valence-corrected chi connectivity index (χ0v) is 19.6. The molecule has 158 valence electrons. The maximum atomic E-state index is 6.94. The molecule has 0 saturated carbocycles. The van der Waals surface area contributed by atoms with E-state index in [4.69, 9.17) is 13.9 Å². The summed E-state index contributed by atoms with van der Waals surface area (Å²) >= 11 is 0. The van der Waals surface area contributed by atoms with Gasteiger partial charge in [-0.15, -0.1) is 0 Å². The molecule has 0 spiro atoms. The Kier molecular flexibility index (Phi) is 7.00. The van der Waals surface area contributed by atoms with Crippen molar-refractivity contribution in [3.63, 3.8) is 0 Å². The minimum absolute atomic E-state index is 0.0299. The number of rotatable bonds is 8. The Morgan fingerprint density at radius 1 is 0.931 bits per heavy atom. The summed E-state index contributed by atoms with van der Waals surface area (Å²) < 4.78 is 18.6. The lowest BCUT2D eigenvalue weighted by molar-refractivity contribution is -0.139. The lowest BCUT2D eigenvalue weighted by Crippen LogP contribution is -2.66. The first kappa shape index (κ1) is 22.2. The minimum Gasteiger partial charge on any atom is -0.407 e. The van der Waals surface area contributed by atoms with Gasteiger partial charge in [0.05, 0.1) is 12.7 Å². The van der Waals surface area contributed by atoms with E-state index in [0.29, 0.717) is 6.61 Å². The first-order valence-electron chi connectivity index (χ1n) is 10.8. The Bertz CT molecular complexity index is 713. The van der Waals surface area contributed by atoms with Crippen LogP contribution in [0.25, 0.3) is 0 Å². The first-order valence-corrected chi connectivity index (χ1v) is 12.7. The van der Waals surface area contributed by atoms with Crippen LogP contribution in [-0.4, -0.2) is 33.4 Å². The summed E-state index contributed by atoms with van der Waals surface area (Å²) in [6.45, 7) is 12.4. The number of ether oxygens (including phenoxy) is 2. The Hall–Kier alpha value is -1.46. The normalized spacial score (nSPS) is 19.4. The van der Waals surface area contributed by atoms with E-state index in [2.05, 4.69) is 81.4 Å². The molecule has 0 amide bonds. The van der Waals surface area contributed by atoms with Gasteiger partial charge >= 0.3 is 0 Å². The topological polar surface area (TPSA) is 27.7 Å². The molecule has 2 aromatic rings. The van der Waals surface area contributed by atoms with Gasteiger partial charge in [-0.25, -0.2) is 0 Å². The molecule has 1 aliphatic rings. The molecule has 1 aliphatic heterocycles. The number of unbranched alkanes of at least 4 members (excludes halogenated alkanes) is 1. The van der Waals surface area contributed by atoms with Crippen molar-refractivity contribution in [2.24, 2.45) is 0 Å². The Morgan fingerprint density at radius 3 is 1.93 bits per heavy atom. The van der Waals surface area contributed by atoms with Crippen molar-refractivity contribution in [2.75, 3.05) is 13.2 Å². The van der Waals surface area contributed by atoms with Crippen LogP contribution >= 0.6 is 0 Å². The van der Waals surface area contributed by atoms with Gasteiger partial charge in [0.2, 0.25) is 0 Å². The molecule has 1 atom stereocenters. The van der Waals surface area contributed by atoms with Crippen molar-refractivity contribution in [1.29, 1.82) is 0 Å². The highest BCUT2D eigenvalue weighted by Gasteiger charge is 2.49. The van der Waals surface area contributed by atoms with Crippen LogP contribution in [0.3, 0.4) is 0 Å². The molecule has 0 radical (unpaired) electrons. The fraction of sp³-hybridized carbons (Fsp3) is 0.520. The fourth-order valence-electron chi connectivity index (χ4n) is 4.37. The molecule has 0 aliphatic carbocycles. The predicted octanol–water partition coefficient (Wildman–Crippen LogP) is 4.88. The lowest BCUT2D eigenvalue weighted by Gasteiger charge is -2.43. The van der Waals surface area contributed by atoms with Crippen molar-refractivity contribution < 1.29 is 13.9 Å². The average molecular weight is 413 g/mol. The van der Waals surface area contributed by atoms with Gasteiger partial charge < -0.3 is 13.9 Å². The van der Waals surface area contributed by atoms with Crippen LogP contribution in [0.15, 0.2) is 60.7 Å².